The van der Waals surface area contributed by atoms with Gasteiger partial charge in [0.15, 0.2) is 0 Å². The second kappa shape index (κ2) is 4.51. The molecule has 0 unspecified atom stereocenters. The summed E-state index contributed by atoms with van der Waals surface area (Å²) in [5.74, 6) is -0.195. The SMILES string of the molecule is Cc1ccc(NC(=O)[C@@H](C)N)c2cccnc12. The summed E-state index contributed by atoms with van der Waals surface area (Å²) >= 11 is 0. The second-order valence-corrected chi connectivity index (χ2v) is 4.11. The van der Waals surface area contributed by atoms with Gasteiger partial charge in [-0.25, -0.2) is 0 Å². The molecule has 1 amide bonds. The normalized spacial score (nSPS) is 12.4. The molecule has 0 aliphatic rings. The van der Waals surface area contributed by atoms with E-state index in [4.69, 9.17) is 5.73 Å². The molecule has 1 aromatic carbocycles. The fourth-order valence-electron chi connectivity index (χ4n) is 1.67. The highest BCUT2D eigenvalue weighted by Crippen LogP contribution is 2.24. The van der Waals surface area contributed by atoms with Gasteiger partial charge in [0.2, 0.25) is 5.91 Å². The number of rotatable bonds is 2. The lowest BCUT2D eigenvalue weighted by atomic mass is 10.1. The molecule has 0 saturated heterocycles. The smallest absolute Gasteiger partial charge is 0.241 e. The third-order valence-corrected chi connectivity index (χ3v) is 2.64. The number of hydrogen-bond donors (Lipinski definition) is 2. The van der Waals surface area contributed by atoms with Crippen LogP contribution in [0.1, 0.15) is 12.5 Å². The van der Waals surface area contributed by atoms with E-state index in [1.807, 2.05) is 31.2 Å². The van der Waals surface area contributed by atoms with Gasteiger partial charge in [-0.2, -0.15) is 0 Å². The Balaban J connectivity index is 2.48. The Labute approximate surface area is 99.8 Å². The Morgan fingerprint density at radius 2 is 2.18 bits per heavy atom. The van der Waals surface area contributed by atoms with Crippen LogP contribution >= 0.6 is 0 Å². The average Bonchev–Trinajstić information content (AvgIpc) is 2.33. The maximum Gasteiger partial charge on any atom is 0.241 e. The van der Waals surface area contributed by atoms with Gasteiger partial charge in [0.05, 0.1) is 17.2 Å². The van der Waals surface area contributed by atoms with Crippen molar-refractivity contribution in [3.63, 3.8) is 0 Å². The number of aromatic nitrogens is 1. The lowest BCUT2D eigenvalue weighted by Gasteiger charge is -2.11. The quantitative estimate of drug-likeness (QED) is 0.825. The van der Waals surface area contributed by atoms with E-state index in [9.17, 15) is 4.79 Å². The zero-order chi connectivity index (χ0) is 12.4. The zero-order valence-electron chi connectivity index (χ0n) is 9.90. The van der Waals surface area contributed by atoms with Gasteiger partial charge >= 0.3 is 0 Å². The lowest BCUT2D eigenvalue weighted by molar-refractivity contribution is -0.117. The first-order valence-corrected chi connectivity index (χ1v) is 5.50. The summed E-state index contributed by atoms with van der Waals surface area (Å²) in [4.78, 5) is 15.9. The van der Waals surface area contributed by atoms with Crippen LogP contribution in [0.3, 0.4) is 0 Å². The molecule has 1 atom stereocenters. The molecule has 2 rings (SSSR count). The van der Waals surface area contributed by atoms with Crippen LogP contribution in [0.5, 0.6) is 0 Å². The van der Waals surface area contributed by atoms with Gasteiger partial charge in [-0.3, -0.25) is 9.78 Å². The molecule has 88 valence electrons. The van der Waals surface area contributed by atoms with Gasteiger partial charge in [0, 0.05) is 11.6 Å². The molecule has 0 fully saturated rings. The lowest BCUT2D eigenvalue weighted by Crippen LogP contribution is -2.32. The van der Waals surface area contributed by atoms with Crippen molar-refractivity contribution in [2.75, 3.05) is 5.32 Å². The predicted molar refractivity (Wildman–Crippen MR) is 68.8 cm³/mol. The van der Waals surface area contributed by atoms with Crippen LogP contribution in [-0.4, -0.2) is 16.9 Å². The highest BCUT2D eigenvalue weighted by atomic mass is 16.2. The molecular weight excluding hydrogens is 214 g/mol. The Morgan fingerprint density at radius 1 is 1.41 bits per heavy atom. The first kappa shape index (κ1) is 11.5. The van der Waals surface area contributed by atoms with Gasteiger partial charge in [0.25, 0.3) is 0 Å². The van der Waals surface area contributed by atoms with Gasteiger partial charge in [0.1, 0.15) is 0 Å². The number of benzene rings is 1. The van der Waals surface area contributed by atoms with Crippen molar-refractivity contribution >= 4 is 22.5 Å². The molecule has 0 saturated carbocycles. The predicted octanol–water partition coefficient (Wildman–Crippen LogP) is 1.83. The maximum atomic E-state index is 11.6. The van der Waals surface area contributed by atoms with Crippen molar-refractivity contribution in [2.24, 2.45) is 5.73 Å². The van der Waals surface area contributed by atoms with E-state index in [1.54, 1.807) is 13.1 Å². The van der Waals surface area contributed by atoms with Crippen molar-refractivity contribution in [1.82, 2.24) is 4.98 Å². The van der Waals surface area contributed by atoms with Crippen LogP contribution in [-0.2, 0) is 4.79 Å². The van der Waals surface area contributed by atoms with Crippen LogP contribution < -0.4 is 11.1 Å². The maximum absolute atomic E-state index is 11.6. The number of fused-ring (bicyclic) bond motifs is 1. The average molecular weight is 229 g/mol. The largest absolute Gasteiger partial charge is 0.324 e. The highest BCUT2D eigenvalue weighted by Gasteiger charge is 2.10. The van der Waals surface area contributed by atoms with Gasteiger partial charge in [-0.15, -0.1) is 0 Å². The minimum absolute atomic E-state index is 0.195. The van der Waals surface area contributed by atoms with E-state index in [-0.39, 0.29) is 5.91 Å². The van der Waals surface area contributed by atoms with Gasteiger partial charge in [-0.05, 0) is 37.6 Å². The van der Waals surface area contributed by atoms with Crippen LogP contribution in [0.4, 0.5) is 5.69 Å². The Hall–Kier alpha value is -1.94. The molecule has 4 heteroatoms. The van der Waals surface area contributed by atoms with Crippen molar-refractivity contribution in [3.05, 3.63) is 36.0 Å². The van der Waals surface area contributed by atoms with Crippen molar-refractivity contribution in [2.45, 2.75) is 19.9 Å². The van der Waals surface area contributed by atoms with E-state index >= 15 is 0 Å². The highest BCUT2D eigenvalue weighted by molar-refractivity contribution is 6.03. The minimum atomic E-state index is -0.525. The first-order chi connectivity index (χ1) is 8.09. The number of pyridine rings is 1. The first-order valence-electron chi connectivity index (χ1n) is 5.50. The van der Waals surface area contributed by atoms with Crippen LogP contribution in [0.25, 0.3) is 10.9 Å². The molecule has 0 spiro atoms. The monoisotopic (exact) mass is 229 g/mol. The van der Waals surface area contributed by atoms with Gasteiger partial charge in [-0.1, -0.05) is 6.07 Å². The Bertz CT molecular complexity index is 564. The summed E-state index contributed by atoms with van der Waals surface area (Å²) < 4.78 is 0. The Morgan fingerprint density at radius 3 is 2.88 bits per heavy atom. The Kier molecular flexibility index (Phi) is 3.06. The number of nitrogens with two attached hydrogens (primary N) is 1. The molecular formula is C13H15N3O. The van der Waals surface area contributed by atoms with E-state index in [1.165, 1.54) is 0 Å². The summed E-state index contributed by atoms with van der Waals surface area (Å²) in [6.07, 6.45) is 1.74. The van der Waals surface area contributed by atoms with Crippen molar-refractivity contribution in [3.8, 4) is 0 Å². The third kappa shape index (κ3) is 2.26. The van der Waals surface area contributed by atoms with Crippen LogP contribution in [0.15, 0.2) is 30.5 Å². The number of nitrogens with one attached hydrogen (secondary N) is 1. The fraction of sp³-hybridized carbons (Fsp3) is 0.231. The molecule has 2 aromatic rings. The fourth-order valence-corrected chi connectivity index (χ4v) is 1.67. The summed E-state index contributed by atoms with van der Waals surface area (Å²) in [5, 5.41) is 3.74. The molecule has 0 aliphatic carbocycles. The summed E-state index contributed by atoms with van der Waals surface area (Å²) in [5.41, 5.74) is 8.26. The molecule has 17 heavy (non-hydrogen) atoms. The number of nitrogens with zero attached hydrogens (tertiary/aromatic N) is 1. The number of carbonyl (C=O) groups is 1. The van der Waals surface area contributed by atoms with Crippen LogP contribution in [0, 0.1) is 6.92 Å². The van der Waals surface area contributed by atoms with Crippen LogP contribution in [0.2, 0.25) is 0 Å². The molecule has 3 N–H and O–H groups in total. The van der Waals surface area contributed by atoms with E-state index < -0.39 is 6.04 Å². The second-order valence-electron chi connectivity index (χ2n) is 4.11. The number of aryl methyl sites for hydroxylation is 1. The summed E-state index contributed by atoms with van der Waals surface area (Å²) in [6.45, 7) is 3.65. The molecule has 0 bridgehead atoms. The number of hydrogen-bond acceptors (Lipinski definition) is 3. The van der Waals surface area contributed by atoms with Crippen molar-refractivity contribution in [1.29, 1.82) is 0 Å². The van der Waals surface area contributed by atoms with Gasteiger partial charge < -0.3 is 11.1 Å². The minimum Gasteiger partial charge on any atom is -0.324 e. The molecule has 0 radical (unpaired) electrons. The zero-order valence-corrected chi connectivity index (χ0v) is 9.90. The molecule has 4 nitrogen and oxygen atoms in total. The summed E-state index contributed by atoms with van der Waals surface area (Å²) in [7, 11) is 0. The van der Waals surface area contributed by atoms with E-state index in [0.29, 0.717) is 0 Å². The number of amides is 1. The van der Waals surface area contributed by atoms with E-state index in [0.717, 1.165) is 22.2 Å². The standard InChI is InChI=1S/C13H15N3O/c1-8-5-6-11(16-13(17)9(2)14)10-4-3-7-15-12(8)10/h3-7,9H,14H2,1-2H3,(H,16,17)/t9-/m1/s1. The molecule has 0 aliphatic heterocycles. The summed E-state index contributed by atoms with van der Waals surface area (Å²) in [6, 6.07) is 7.07. The number of anilines is 1. The number of carbonyl (C=O) groups excluding carboxylic acids is 1. The molecule has 1 aromatic heterocycles. The van der Waals surface area contributed by atoms with Crippen molar-refractivity contribution < 1.29 is 4.79 Å². The topological polar surface area (TPSA) is 68.0 Å². The molecule has 1 heterocycles. The third-order valence-electron chi connectivity index (χ3n) is 2.64. The van der Waals surface area contributed by atoms with E-state index in [2.05, 4.69) is 10.3 Å².